The van der Waals surface area contributed by atoms with Crippen molar-refractivity contribution in [1.29, 1.82) is 0 Å². The van der Waals surface area contributed by atoms with Crippen molar-refractivity contribution in [2.75, 3.05) is 11.6 Å². The molecule has 0 bridgehead atoms. The van der Waals surface area contributed by atoms with Crippen LogP contribution in [0.4, 0.5) is 0 Å². The lowest BCUT2D eigenvalue weighted by atomic mass is 9.98. The standard InChI is InChI=1S/C16H20N2S/c1-3-8-16(15-9-5-4-6-10-15)13-19-14-18-12-7-11-17-2/h3-7,9-12,16H,1-2,8,13-14H2/b11-7-,18-12-. The molecule has 0 N–H and O–H groups in total. The molecule has 0 aliphatic carbocycles. The number of allylic oxidation sites excluding steroid dienone is 2. The van der Waals surface area contributed by atoms with Gasteiger partial charge in [-0.2, -0.15) is 0 Å². The molecule has 0 saturated heterocycles. The zero-order valence-electron chi connectivity index (χ0n) is 11.1. The third-order valence-electron chi connectivity index (χ3n) is 2.59. The molecular weight excluding hydrogens is 252 g/mol. The number of rotatable bonds is 9. The quantitative estimate of drug-likeness (QED) is 0.373. The monoisotopic (exact) mass is 272 g/mol. The molecule has 0 saturated carbocycles. The minimum atomic E-state index is 0.518. The van der Waals surface area contributed by atoms with E-state index in [1.165, 1.54) is 5.56 Å². The Hall–Kier alpha value is -1.61. The third kappa shape index (κ3) is 6.77. The Morgan fingerprint density at radius 1 is 1.26 bits per heavy atom. The summed E-state index contributed by atoms with van der Waals surface area (Å²) in [6, 6.07) is 10.6. The van der Waals surface area contributed by atoms with Gasteiger partial charge in [-0.3, -0.25) is 9.98 Å². The fourth-order valence-corrected chi connectivity index (χ4v) is 2.59. The lowest BCUT2D eigenvalue weighted by molar-refractivity contribution is 0.794. The summed E-state index contributed by atoms with van der Waals surface area (Å²) in [5.41, 5.74) is 1.37. The summed E-state index contributed by atoms with van der Waals surface area (Å²) in [6.07, 6.45) is 8.15. The van der Waals surface area contributed by atoms with Crippen molar-refractivity contribution in [2.24, 2.45) is 9.98 Å². The Labute approximate surface area is 120 Å². The van der Waals surface area contributed by atoms with E-state index in [0.29, 0.717) is 5.92 Å². The highest BCUT2D eigenvalue weighted by molar-refractivity contribution is 7.99. The first-order chi connectivity index (χ1) is 9.38. The molecule has 19 heavy (non-hydrogen) atoms. The van der Waals surface area contributed by atoms with E-state index in [9.17, 15) is 0 Å². The summed E-state index contributed by atoms with van der Waals surface area (Å²) in [6.45, 7) is 7.20. The highest BCUT2D eigenvalue weighted by Gasteiger charge is 2.08. The number of hydrogen-bond donors (Lipinski definition) is 0. The average molecular weight is 272 g/mol. The topological polar surface area (TPSA) is 24.7 Å². The minimum Gasteiger partial charge on any atom is -0.282 e. The molecule has 1 rings (SSSR count). The van der Waals surface area contributed by atoms with E-state index in [4.69, 9.17) is 0 Å². The Balaban J connectivity index is 2.38. The van der Waals surface area contributed by atoms with Gasteiger partial charge >= 0.3 is 0 Å². The predicted octanol–water partition coefficient (Wildman–Crippen LogP) is 4.32. The second-order valence-corrected chi connectivity index (χ2v) is 4.99. The molecule has 1 atom stereocenters. The van der Waals surface area contributed by atoms with Gasteiger partial charge in [0.2, 0.25) is 0 Å². The SMILES string of the molecule is C=CCC(CSC/N=C\C=C/N=C)c1ccccc1. The highest BCUT2D eigenvalue weighted by Crippen LogP contribution is 2.24. The van der Waals surface area contributed by atoms with E-state index in [1.54, 1.807) is 18.5 Å². The van der Waals surface area contributed by atoms with Crippen LogP contribution in [-0.4, -0.2) is 24.6 Å². The van der Waals surface area contributed by atoms with Crippen molar-refractivity contribution in [3.8, 4) is 0 Å². The van der Waals surface area contributed by atoms with Gasteiger partial charge in [0.05, 0.1) is 5.88 Å². The van der Waals surface area contributed by atoms with Crippen LogP contribution in [0, 0.1) is 0 Å². The Bertz CT molecular complexity index is 424. The van der Waals surface area contributed by atoms with Gasteiger partial charge in [-0.1, -0.05) is 36.4 Å². The molecule has 0 amide bonds. The van der Waals surface area contributed by atoms with Crippen molar-refractivity contribution in [2.45, 2.75) is 12.3 Å². The lowest BCUT2D eigenvalue weighted by Crippen LogP contribution is -2.01. The van der Waals surface area contributed by atoms with E-state index < -0.39 is 0 Å². The van der Waals surface area contributed by atoms with Crippen LogP contribution < -0.4 is 0 Å². The number of benzene rings is 1. The summed E-state index contributed by atoms with van der Waals surface area (Å²) in [4.78, 5) is 7.88. The molecule has 3 heteroatoms. The van der Waals surface area contributed by atoms with Gasteiger partial charge in [-0.15, -0.1) is 18.3 Å². The van der Waals surface area contributed by atoms with E-state index in [0.717, 1.165) is 18.1 Å². The van der Waals surface area contributed by atoms with Crippen molar-refractivity contribution < 1.29 is 0 Å². The van der Waals surface area contributed by atoms with Crippen molar-refractivity contribution in [3.63, 3.8) is 0 Å². The second-order valence-electron chi connectivity index (χ2n) is 3.99. The third-order valence-corrected chi connectivity index (χ3v) is 3.56. The normalized spacial score (nSPS) is 12.8. The molecule has 2 nitrogen and oxygen atoms in total. The number of nitrogens with zero attached hydrogens (tertiary/aromatic N) is 2. The predicted molar refractivity (Wildman–Crippen MR) is 88.5 cm³/mol. The molecule has 0 spiro atoms. The van der Waals surface area contributed by atoms with Crippen LogP contribution >= 0.6 is 11.8 Å². The van der Waals surface area contributed by atoms with Crippen molar-refractivity contribution >= 4 is 24.7 Å². The summed E-state index contributed by atoms with van der Waals surface area (Å²) in [5, 5.41) is 0. The molecular formula is C16H20N2S. The minimum absolute atomic E-state index is 0.518. The van der Waals surface area contributed by atoms with Gasteiger partial charge in [-0.25, -0.2) is 0 Å². The van der Waals surface area contributed by atoms with Crippen LogP contribution in [0.2, 0.25) is 0 Å². The molecule has 1 aromatic carbocycles. The van der Waals surface area contributed by atoms with Crippen LogP contribution in [-0.2, 0) is 0 Å². The number of thioether (sulfide) groups is 1. The first kappa shape index (κ1) is 15.4. The van der Waals surface area contributed by atoms with Crippen LogP contribution in [0.1, 0.15) is 17.9 Å². The first-order valence-corrected chi connectivity index (χ1v) is 7.38. The maximum Gasteiger partial charge on any atom is 0.0844 e. The van der Waals surface area contributed by atoms with Gasteiger partial charge in [-0.05, 0) is 30.7 Å². The van der Waals surface area contributed by atoms with Gasteiger partial charge in [0, 0.05) is 18.2 Å². The summed E-state index contributed by atoms with van der Waals surface area (Å²) in [5.74, 6) is 2.34. The Kier molecular flexibility index (Phi) is 8.39. The van der Waals surface area contributed by atoms with E-state index >= 15 is 0 Å². The Morgan fingerprint density at radius 3 is 2.74 bits per heavy atom. The maximum absolute atomic E-state index is 4.27. The van der Waals surface area contributed by atoms with Crippen LogP contribution in [0.5, 0.6) is 0 Å². The Morgan fingerprint density at radius 2 is 2.05 bits per heavy atom. The molecule has 0 aliphatic heterocycles. The van der Waals surface area contributed by atoms with Crippen LogP contribution in [0.3, 0.4) is 0 Å². The highest BCUT2D eigenvalue weighted by atomic mass is 32.2. The summed E-state index contributed by atoms with van der Waals surface area (Å²) in [7, 11) is 0. The second kappa shape index (κ2) is 10.3. The molecule has 0 aromatic heterocycles. The van der Waals surface area contributed by atoms with Crippen LogP contribution in [0.15, 0.2) is 65.2 Å². The summed E-state index contributed by atoms with van der Waals surface area (Å²) < 4.78 is 0. The smallest absolute Gasteiger partial charge is 0.0844 e. The average Bonchev–Trinajstić information content (AvgIpc) is 2.46. The lowest BCUT2D eigenvalue weighted by Gasteiger charge is -2.14. The molecule has 0 radical (unpaired) electrons. The van der Waals surface area contributed by atoms with E-state index in [-0.39, 0.29) is 0 Å². The molecule has 100 valence electrons. The fourth-order valence-electron chi connectivity index (χ4n) is 1.68. The largest absolute Gasteiger partial charge is 0.282 e. The van der Waals surface area contributed by atoms with Gasteiger partial charge in [0.25, 0.3) is 0 Å². The molecule has 0 fully saturated rings. The zero-order chi connectivity index (χ0) is 13.8. The van der Waals surface area contributed by atoms with Gasteiger partial charge in [0.15, 0.2) is 0 Å². The van der Waals surface area contributed by atoms with E-state index in [2.05, 4.69) is 47.5 Å². The van der Waals surface area contributed by atoms with E-state index in [1.807, 2.05) is 23.9 Å². The van der Waals surface area contributed by atoms with Gasteiger partial charge in [0.1, 0.15) is 0 Å². The number of aliphatic imine (C=N–C) groups is 2. The number of hydrogen-bond acceptors (Lipinski definition) is 3. The summed E-state index contributed by atoms with van der Waals surface area (Å²) >= 11 is 1.83. The van der Waals surface area contributed by atoms with Crippen LogP contribution in [0.25, 0.3) is 0 Å². The fraction of sp³-hybridized carbons (Fsp3) is 0.250. The molecule has 1 aromatic rings. The molecule has 0 heterocycles. The molecule has 0 aliphatic rings. The first-order valence-electron chi connectivity index (χ1n) is 6.23. The van der Waals surface area contributed by atoms with Crippen molar-refractivity contribution in [3.05, 3.63) is 60.8 Å². The van der Waals surface area contributed by atoms with Gasteiger partial charge < -0.3 is 0 Å². The van der Waals surface area contributed by atoms with Crippen molar-refractivity contribution in [1.82, 2.24) is 0 Å². The zero-order valence-corrected chi connectivity index (χ0v) is 11.9. The maximum atomic E-state index is 4.27. The molecule has 1 unspecified atom stereocenters.